The van der Waals surface area contributed by atoms with E-state index < -0.39 is 11.9 Å². The maximum Gasteiger partial charge on any atom is 0.325 e. The molecule has 0 spiro atoms. The summed E-state index contributed by atoms with van der Waals surface area (Å²) in [5, 5.41) is 7.85. The number of imide groups is 1. The zero-order valence-electron chi connectivity index (χ0n) is 16.9. The summed E-state index contributed by atoms with van der Waals surface area (Å²) in [5.74, 6) is 1.90. The number of amides is 3. The molecule has 1 aliphatic heterocycles. The molecule has 9 nitrogen and oxygen atoms in total. The van der Waals surface area contributed by atoms with Gasteiger partial charge in [0.1, 0.15) is 24.7 Å². The molecule has 1 aliphatic rings. The van der Waals surface area contributed by atoms with Gasteiger partial charge in [-0.25, -0.2) is 4.79 Å². The standard InChI is InChI=1S/C21H25N3O6/c1-3-27-15-6-8-17(28-4-2)16(12-15)22-13-20(25)24-21(26)23-14-5-7-18-19(11-14)30-10-9-29-18/h5-8,11-12,22H,3-4,9-10,13H2,1-2H3,(H2,23,24,25,26). The number of ether oxygens (including phenoxy) is 4. The van der Waals surface area contributed by atoms with Gasteiger partial charge in [-0.1, -0.05) is 0 Å². The third-order valence-electron chi connectivity index (χ3n) is 4.05. The Morgan fingerprint density at radius 1 is 0.967 bits per heavy atom. The summed E-state index contributed by atoms with van der Waals surface area (Å²) in [6.07, 6.45) is 0. The zero-order chi connectivity index (χ0) is 21.3. The lowest BCUT2D eigenvalue weighted by molar-refractivity contribution is -0.118. The van der Waals surface area contributed by atoms with E-state index in [0.29, 0.717) is 60.8 Å². The number of hydrogen-bond acceptors (Lipinski definition) is 7. The van der Waals surface area contributed by atoms with Gasteiger partial charge >= 0.3 is 6.03 Å². The van der Waals surface area contributed by atoms with Crippen LogP contribution in [0.5, 0.6) is 23.0 Å². The van der Waals surface area contributed by atoms with Crippen molar-refractivity contribution in [3.8, 4) is 23.0 Å². The highest BCUT2D eigenvalue weighted by molar-refractivity contribution is 6.02. The topological polar surface area (TPSA) is 107 Å². The lowest BCUT2D eigenvalue weighted by Crippen LogP contribution is -2.38. The number of fused-ring (bicyclic) bond motifs is 1. The smallest absolute Gasteiger partial charge is 0.325 e. The van der Waals surface area contributed by atoms with Gasteiger partial charge in [0.25, 0.3) is 0 Å². The maximum atomic E-state index is 12.2. The predicted octanol–water partition coefficient (Wildman–Crippen LogP) is 3.02. The summed E-state index contributed by atoms with van der Waals surface area (Å²) in [6, 6.07) is 9.68. The van der Waals surface area contributed by atoms with Crippen LogP contribution in [0.3, 0.4) is 0 Å². The first-order valence-electron chi connectivity index (χ1n) is 9.73. The van der Waals surface area contributed by atoms with Crippen molar-refractivity contribution in [2.24, 2.45) is 0 Å². The van der Waals surface area contributed by atoms with Crippen molar-refractivity contribution in [2.75, 3.05) is 43.6 Å². The van der Waals surface area contributed by atoms with Crippen molar-refractivity contribution < 1.29 is 28.5 Å². The normalized spacial score (nSPS) is 11.9. The molecule has 0 atom stereocenters. The van der Waals surface area contributed by atoms with Crippen LogP contribution >= 0.6 is 0 Å². The van der Waals surface area contributed by atoms with Gasteiger partial charge in [-0.15, -0.1) is 0 Å². The van der Waals surface area contributed by atoms with Crippen molar-refractivity contribution in [3.63, 3.8) is 0 Å². The quantitative estimate of drug-likeness (QED) is 0.608. The van der Waals surface area contributed by atoms with Crippen LogP contribution in [0.25, 0.3) is 0 Å². The van der Waals surface area contributed by atoms with Gasteiger partial charge in [0, 0.05) is 17.8 Å². The Morgan fingerprint density at radius 2 is 1.73 bits per heavy atom. The number of nitrogens with one attached hydrogen (secondary N) is 3. The minimum Gasteiger partial charge on any atom is -0.494 e. The highest BCUT2D eigenvalue weighted by Gasteiger charge is 2.14. The van der Waals surface area contributed by atoms with Gasteiger partial charge in [-0.2, -0.15) is 0 Å². The Bertz CT molecular complexity index is 902. The Hall–Kier alpha value is -3.62. The second kappa shape index (κ2) is 10.2. The van der Waals surface area contributed by atoms with E-state index in [4.69, 9.17) is 18.9 Å². The van der Waals surface area contributed by atoms with E-state index in [9.17, 15) is 9.59 Å². The molecule has 3 N–H and O–H groups in total. The van der Waals surface area contributed by atoms with Crippen LogP contribution in [0.1, 0.15) is 13.8 Å². The molecule has 2 aromatic carbocycles. The summed E-state index contributed by atoms with van der Waals surface area (Å²) in [7, 11) is 0. The van der Waals surface area contributed by atoms with E-state index in [1.54, 1.807) is 36.4 Å². The highest BCUT2D eigenvalue weighted by atomic mass is 16.6. The molecule has 160 valence electrons. The molecule has 9 heteroatoms. The van der Waals surface area contributed by atoms with Gasteiger partial charge in [0.2, 0.25) is 5.91 Å². The SMILES string of the molecule is CCOc1ccc(OCC)c(NCC(=O)NC(=O)Nc2ccc3c(c2)OCCO3)c1. The van der Waals surface area contributed by atoms with Crippen LogP contribution in [0.15, 0.2) is 36.4 Å². The van der Waals surface area contributed by atoms with Crippen LogP contribution < -0.4 is 34.9 Å². The van der Waals surface area contributed by atoms with Gasteiger partial charge in [-0.05, 0) is 38.1 Å². The first-order valence-corrected chi connectivity index (χ1v) is 9.73. The third-order valence-corrected chi connectivity index (χ3v) is 4.05. The summed E-state index contributed by atoms with van der Waals surface area (Å²) < 4.78 is 21.9. The predicted molar refractivity (Wildman–Crippen MR) is 112 cm³/mol. The fourth-order valence-electron chi connectivity index (χ4n) is 2.81. The van der Waals surface area contributed by atoms with Crippen molar-refractivity contribution in [2.45, 2.75) is 13.8 Å². The average molecular weight is 415 g/mol. The minimum absolute atomic E-state index is 0.121. The van der Waals surface area contributed by atoms with Gasteiger partial charge in [0.15, 0.2) is 11.5 Å². The first-order chi connectivity index (χ1) is 14.6. The van der Waals surface area contributed by atoms with Crippen molar-refractivity contribution >= 4 is 23.3 Å². The van der Waals surface area contributed by atoms with Gasteiger partial charge in [0.05, 0.1) is 25.4 Å². The first kappa shape index (κ1) is 21.1. The van der Waals surface area contributed by atoms with Crippen LogP contribution in [0, 0.1) is 0 Å². The third kappa shape index (κ3) is 5.69. The monoisotopic (exact) mass is 415 g/mol. The molecule has 0 radical (unpaired) electrons. The second-order valence-corrected chi connectivity index (χ2v) is 6.24. The molecule has 0 bridgehead atoms. The fourth-order valence-corrected chi connectivity index (χ4v) is 2.81. The van der Waals surface area contributed by atoms with Gasteiger partial charge in [-0.3, -0.25) is 10.1 Å². The molecule has 3 rings (SSSR count). The molecular formula is C21H25N3O6. The molecular weight excluding hydrogens is 390 g/mol. The second-order valence-electron chi connectivity index (χ2n) is 6.24. The van der Waals surface area contributed by atoms with Crippen LogP contribution in [0.4, 0.5) is 16.2 Å². The summed E-state index contributed by atoms with van der Waals surface area (Å²) in [4.78, 5) is 24.3. The Labute approximate surface area is 174 Å². The van der Waals surface area contributed by atoms with E-state index in [0.717, 1.165) is 0 Å². The largest absolute Gasteiger partial charge is 0.494 e. The van der Waals surface area contributed by atoms with E-state index in [-0.39, 0.29) is 6.54 Å². The summed E-state index contributed by atoms with van der Waals surface area (Å²) in [6.45, 7) is 5.57. The van der Waals surface area contributed by atoms with Crippen molar-refractivity contribution in [3.05, 3.63) is 36.4 Å². The van der Waals surface area contributed by atoms with Crippen molar-refractivity contribution in [1.82, 2.24) is 5.32 Å². The molecule has 0 saturated heterocycles. The van der Waals surface area contributed by atoms with Gasteiger partial charge < -0.3 is 29.6 Å². The highest BCUT2D eigenvalue weighted by Crippen LogP contribution is 2.32. The zero-order valence-corrected chi connectivity index (χ0v) is 16.9. The number of anilines is 2. The molecule has 0 unspecified atom stereocenters. The molecule has 2 aromatic rings. The molecule has 3 amide bonds. The minimum atomic E-state index is -0.647. The Balaban J connectivity index is 1.54. The Morgan fingerprint density at radius 3 is 2.50 bits per heavy atom. The molecule has 0 fully saturated rings. The molecule has 0 saturated carbocycles. The van der Waals surface area contributed by atoms with E-state index in [1.807, 2.05) is 13.8 Å². The molecule has 1 heterocycles. The number of rotatable bonds is 8. The van der Waals surface area contributed by atoms with Crippen LogP contribution in [-0.4, -0.2) is 44.9 Å². The Kier molecular flexibility index (Phi) is 7.20. The maximum absolute atomic E-state index is 12.2. The van der Waals surface area contributed by atoms with Crippen LogP contribution in [0.2, 0.25) is 0 Å². The van der Waals surface area contributed by atoms with E-state index in [1.165, 1.54) is 0 Å². The van der Waals surface area contributed by atoms with Crippen LogP contribution in [-0.2, 0) is 4.79 Å². The number of benzene rings is 2. The lowest BCUT2D eigenvalue weighted by Gasteiger charge is -2.19. The summed E-state index contributed by atoms with van der Waals surface area (Å²) in [5.41, 5.74) is 1.09. The molecule has 30 heavy (non-hydrogen) atoms. The number of carbonyl (C=O) groups excluding carboxylic acids is 2. The lowest BCUT2D eigenvalue weighted by atomic mass is 10.2. The average Bonchev–Trinajstić information content (AvgIpc) is 2.74. The fraction of sp³-hybridized carbons (Fsp3) is 0.333. The number of hydrogen-bond donors (Lipinski definition) is 3. The number of carbonyl (C=O) groups is 2. The molecule has 0 aliphatic carbocycles. The summed E-state index contributed by atoms with van der Waals surface area (Å²) >= 11 is 0. The van der Waals surface area contributed by atoms with E-state index in [2.05, 4.69) is 16.0 Å². The molecule has 0 aromatic heterocycles. The number of urea groups is 1. The van der Waals surface area contributed by atoms with E-state index >= 15 is 0 Å². The van der Waals surface area contributed by atoms with Crippen molar-refractivity contribution in [1.29, 1.82) is 0 Å².